The van der Waals surface area contributed by atoms with E-state index in [1.165, 1.54) is 18.1 Å². The number of likely N-dealkylation sites (N-methyl/N-ethyl adjacent to an activating group) is 1. The Labute approximate surface area is 187 Å². The summed E-state index contributed by atoms with van der Waals surface area (Å²) in [6, 6.07) is 8.93. The van der Waals surface area contributed by atoms with E-state index in [2.05, 4.69) is 0 Å². The summed E-state index contributed by atoms with van der Waals surface area (Å²) in [6.07, 6.45) is 0. The second-order valence-corrected chi connectivity index (χ2v) is 8.06. The molecule has 3 N–H and O–H groups in total. The van der Waals surface area contributed by atoms with E-state index in [9.17, 15) is 19.8 Å². The monoisotopic (exact) mass is 441 g/mol. The lowest BCUT2D eigenvalue weighted by Crippen LogP contribution is -3.06. The molecule has 1 aliphatic heterocycles. The largest absolute Gasteiger partial charge is 0.507 e. The second-order valence-electron chi connectivity index (χ2n) is 8.06. The highest BCUT2D eigenvalue weighted by Crippen LogP contribution is 2.42. The van der Waals surface area contributed by atoms with Crippen LogP contribution in [-0.4, -0.2) is 68.2 Å². The number of aliphatic hydroxyl groups is 1. The minimum Gasteiger partial charge on any atom is -0.507 e. The Morgan fingerprint density at radius 1 is 1.09 bits per heavy atom. The third-order valence-corrected chi connectivity index (χ3v) is 5.60. The van der Waals surface area contributed by atoms with Gasteiger partial charge in [0.15, 0.2) is 11.5 Å². The molecule has 0 saturated carbocycles. The Hall–Kier alpha value is -3.52. The minimum atomic E-state index is -0.814. The van der Waals surface area contributed by atoms with Gasteiger partial charge in [-0.2, -0.15) is 0 Å². The Balaban J connectivity index is 2.20. The topological polar surface area (TPSA) is 101 Å². The number of aryl methyl sites for hydroxylation is 1. The summed E-state index contributed by atoms with van der Waals surface area (Å²) in [6.45, 7) is 2.72. The van der Waals surface area contributed by atoms with Crippen LogP contribution in [-0.2, 0) is 9.59 Å². The number of quaternary nitrogens is 1. The molecule has 2 aromatic carbocycles. The molecule has 1 saturated heterocycles. The van der Waals surface area contributed by atoms with Crippen LogP contribution in [0.4, 0.5) is 0 Å². The molecular weight excluding hydrogens is 412 g/mol. The fourth-order valence-electron chi connectivity index (χ4n) is 3.84. The lowest BCUT2D eigenvalue weighted by atomic mass is 9.93. The maximum absolute atomic E-state index is 13.1. The number of ether oxygens (including phenoxy) is 2. The Kier molecular flexibility index (Phi) is 6.74. The number of phenolic OH excluding ortho intramolecular Hbond substituents is 1. The smallest absolute Gasteiger partial charge is 0.295 e. The van der Waals surface area contributed by atoms with Crippen LogP contribution in [0.1, 0.15) is 22.7 Å². The molecule has 2 aromatic rings. The van der Waals surface area contributed by atoms with Crippen LogP contribution in [0.2, 0.25) is 0 Å². The molecule has 8 nitrogen and oxygen atoms in total. The van der Waals surface area contributed by atoms with Gasteiger partial charge in [-0.1, -0.05) is 6.07 Å². The minimum absolute atomic E-state index is 0.00441. The van der Waals surface area contributed by atoms with Crippen molar-refractivity contribution in [2.24, 2.45) is 0 Å². The van der Waals surface area contributed by atoms with Crippen LogP contribution >= 0.6 is 0 Å². The summed E-state index contributed by atoms with van der Waals surface area (Å²) in [5.74, 6) is -0.892. The number of hydrogen-bond donors (Lipinski definition) is 3. The van der Waals surface area contributed by atoms with E-state index in [1.54, 1.807) is 44.4 Å². The Morgan fingerprint density at radius 3 is 2.41 bits per heavy atom. The van der Waals surface area contributed by atoms with Crippen LogP contribution < -0.4 is 14.4 Å². The third-order valence-electron chi connectivity index (χ3n) is 5.60. The first-order valence-corrected chi connectivity index (χ1v) is 10.3. The maximum Gasteiger partial charge on any atom is 0.295 e. The molecular formula is C24H29N2O6+. The summed E-state index contributed by atoms with van der Waals surface area (Å²) in [5.41, 5.74) is 1.70. The van der Waals surface area contributed by atoms with Crippen molar-refractivity contribution >= 4 is 17.4 Å². The average molecular weight is 442 g/mol. The molecule has 1 heterocycles. The highest BCUT2D eigenvalue weighted by atomic mass is 16.5. The number of carbonyl (C=O) groups excluding carboxylic acids is 2. The van der Waals surface area contributed by atoms with Crippen molar-refractivity contribution in [3.05, 3.63) is 58.7 Å². The number of rotatable bonds is 7. The van der Waals surface area contributed by atoms with Crippen molar-refractivity contribution in [3.63, 3.8) is 0 Å². The molecule has 1 unspecified atom stereocenters. The number of amides is 1. The molecule has 170 valence electrons. The number of hydrogen-bond acceptors (Lipinski definition) is 6. The van der Waals surface area contributed by atoms with E-state index in [0.29, 0.717) is 35.5 Å². The first-order valence-electron chi connectivity index (χ1n) is 10.3. The van der Waals surface area contributed by atoms with Gasteiger partial charge < -0.3 is 29.5 Å². The number of phenols is 1. The quantitative estimate of drug-likeness (QED) is 0.340. The molecule has 8 heteroatoms. The van der Waals surface area contributed by atoms with Crippen molar-refractivity contribution in [3.8, 4) is 17.2 Å². The SMILES string of the molecule is COc1ccc(C(O)=C2C(=O)C(=O)N(CC[NH+](C)C)C2c2ccc(O)c(OC)c2)c(C)c1. The number of ketones is 1. The molecule has 1 amide bonds. The first kappa shape index (κ1) is 23.1. The summed E-state index contributed by atoms with van der Waals surface area (Å²) in [4.78, 5) is 28.6. The van der Waals surface area contributed by atoms with E-state index < -0.39 is 17.7 Å². The third kappa shape index (κ3) is 4.27. The van der Waals surface area contributed by atoms with Gasteiger partial charge in [0, 0.05) is 5.56 Å². The maximum atomic E-state index is 13.1. The predicted molar refractivity (Wildman–Crippen MR) is 119 cm³/mol. The zero-order chi connectivity index (χ0) is 23.6. The van der Waals surface area contributed by atoms with Crippen molar-refractivity contribution < 1.29 is 34.2 Å². The molecule has 0 aliphatic carbocycles. The van der Waals surface area contributed by atoms with Crippen LogP contribution in [0, 0.1) is 6.92 Å². The molecule has 1 atom stereocenters. The van der Waals surface area contributed by atoms with Crippen molar-refractivity contribution in [1.29, 1.82) is 0 Å². The van der Waals surface area contributed by atoms with Crippen LogP contribution in [0.15, 0.2) is 42.0 Å². The predicted octanol–water partition coefficient (Wildman–Crippen LogP) is 1.28. The van der Waals surface area contributed by atoms with E-state index in [-0.39, 0.29) is 22.8 Å². The number of likely N-dealkylation sites (tertiary alicyclic amines) is 1. The number of benzene rings is 2. The average Bonchev–Trinajstić information content (AvgIpc) is 3.02. The summed E-state index contributed by atoms with van der Waals surface area (Å²) in [7, 11) is 6.88. The van der Waals surface area contributed by atoms with Gasteiger partial charge in [0.05, 0.1) is 53.0 Å². The molecule has 0 radical (unpaired) electrons. The van der Waals surface area contributed by atoms with E-state index >= 15 is 0 Å². The zero-order valence-corrected chi connectivity index (χ0v) is 18.9. The van der Waals surface area contributed by atoms with E-state index in [0.717, 1.165) is 4.90 Å². The number of nitrogens with zero attached hydrogens (tertiary/aromatic N) is 1. The van der Waals surface area contributed by atoms with Gasteiger partial charge in [0.2, 0.25) is 0 Å². The van der Waals surface area contributed by atoms with Gasteiger partial charge in [0.1, 0.15) is 11.5 Å². The number of aliphatic hydroxyl groups excluding tert-OH is 1. The normalized spacial score (nSPS) is 17.8. The van der Waals surface area contributed by atoms with Gasteiger partial charge in [-0.15, -0.1) is 0 Å². The summed E-state index contributed by atoms with van der Waals surface area (Å²) >= 11 is 0. The lowest BCUT2D eigenvalue weighted by Gasteiger charge is -2.26. The van der Waals surface area contributed by atoms with Crippen molar-refractivity contribution in [2.75, 3.05) is 41.4 Å². The summed E-state index contributed by atoms with van der Waals surface area (Å²) in [5, 5.41) is 21.2. The molecule has 1 fully saturated rings. The fourth-order valence-corrected chi connectivity index (χ4v) is 3.84. The number of aromatic hydroxyl groups is 1. The van der Waals surface area contributed by atoms with Gasteiger partial charge in [-0.25, -0.2) is 0 Å². The van der Waals surface area contributed by atoms with Crippen LogP contribution in [0.5, 0.6) is 17.2 Å². The standard InChI is InChI=1S/C24H28N2O6/c1-14-12-16(31-4)7-8-17(14)22(28)20-21(15-6-9-18(27)19(13-15)32-5)26(11-10-25(2)3)24(30)23(20)29/h6-9,12-13,21,27-28H,10-11H2,1-5H3/p+1. The molecule has 0 spiro atoms. The zero-order valence-electron chi connectivity index (χ0n) is 18.9. The number of carbonyl (C=O) groups is 2. The van der Waals surface area contributed by atoms with Gasteiger partial charge in [-0.05, 0) is 48.4 Å². The number of methoxy groups -OCH3 is 2. The highest BCUT2D eigenvalue weighted by Gasteiger charge is 2.46. The summed E-state index contributed by atoms with van der Waals surface area (Å²) < 4.78 is 10.4. The molecule has 32 heavy (non-hydrogen) atoms. The lowest BCUT2D eigenvalue weighted by molar-refractivity contribution is -0.857. The number of Topliss-reactive ketones (excluding diaryl/α,β-unsaturated/α-hetero) is 1. The Morgan fingerprint density at radius 2 is 1.81 bits per heavy atom. The van der Waals surface area contributed by atoms with Crippen LogP contribution in [0.3, 0.4) is 0 Å². The van der Waals surface area contributed by atoms with Crippen LogP contribution in [0.25, 0.3) is 5.76 Å². The van der Waals surface area contributed by atoms with Crippen molar-refractivity contribution in [1.82, 2.24) is 4.90 Å². The molecule has 1 aliphatic rings. The molecule has 0 bridgehead atoms. The molecule has 0 aromatic heterocycles. The van der Waals surface area contributed by atoms with E-state index in [1.807, 2.05) is 14.1 Å². The number of nitrogens with one attached hydrogen (secondary N) is 1. The van der Waals surface area contributed by atoms with Gasteiger partial charge >= 0.3 is 0 Å². The highest BCUT2D eigenvalue weighted by molar-refractivity contribution is 6.46. The first-order chi connectivity index (χ1) is 15.2. The Bertz CT molecular complexity index is 1080. The van der Waals surface area contributed by atoms with Crippen molar-refractivity contribution in [2.45, 2.75) is 13.0 Å². The van der Waals surface area contributed by atoms with Gasteiger partial charge in [-0.3, -0.25) is 9.59 Å². The van der Waals surface area contributed by atoms with Gasteiger partial charge in [0.25, 0.3) is 11.7 Å². The second kappa shape index (κ2) is 9.32. The van der Waals surface area contributed by atoms with E-state index in [4.69, 9.17) is 9.47 Å². The fraction of sp³-hybridized carbons (Fsp3) is 0.333. The molecule has 3 rings (SSSR count).